The zero-order valence-electron chi connectivity index (χ0n) is 16.5. The Morgan fingerprint density at radius 3 is 2.52 bits per heavy atom. The van der Waals surface area contributed by atoms with Gasteiger partial charge in [0.25, 0.3) is 5.91 Å². The van der Waals surface area contributed by atoms with Crippen LogP contribution < -0.4 is 0 Å². The van der Waals surface area contributed by atoms with Gasteiger partial charge >= 0.3 is 12.0 Å². The van der Waals surface area contributed by atoms with Gasteiger partial charge in [-0.2, -0.15) is 0 Å². The van der Waals surface area contributed by atoms with E-state index >= 15 is 0 Å². The third-order valence-electron chi connectivity index (χ3n) is 5.06. The lowest BCUT2D eigenvalue weighted by molar-refractivity contribution is -0.152. The minimum Gasteiger partial charge on any atom is -0.456 e. The Labute approximate surface area is 169 Å². The van der Waals surface area contributed by atoms with E-state index in [0.29, 0.717) is 19.5 Å². The van der Waals surface area contributed by atoms with Gasteiger partial charge in [-0.3, -0.25) is 19.3 Å². The second-order valence-electron chi connectivity index (χ2n) is 7.13. The van der Waals surface area contributed by atoms with E-state index in [1.807, 2.05) is 36.4 Å². The zero-order valence-corrected chi connectivity index (χ0v) is 16.5. The van der Waals surface area contributed by atoms with Gasteiger partial charge in [0.15, 0.2) is 6.61 Å². The van der Waals surface area contributed by atoms with E-state index in [0.717, 1.165) is 16.9 Å². The maximum atomic E-state index is 12.3. The van der Waals surface area contributed by atoms with Crippen LogP contribution in [0.5, 0.6) is 0 Å². The molecule has 0 aliphatic carbocycles. The number of esters is 1. The third-order valence-corrected chi connectivity index (χ3v) is 5.06. The number of nitrogens with zero attached hydrogens (tertiary/aromatic N) is 3. The summed E-state index contributed by atoms with van der Waals surface area (Å²) in [7, 11) is 1.55. The largest absolute Gasteiger partial charge is 0.456 e. The molecule has 0 unspecified atom stereocenters. The molecule has 0 atom stereocenters. The summed E-state index contributed by atoms with van der Waals surface area (Å²) in [5.74, 6) is -1.01. The Kier molecular flexibility index (Phi) is 6.64. The van der Waals surface area contributed by atoms with Crippen LogP contribution in [0.1, 0.15) is 24.8 Å². The van der Waals surface area contributed by atoms with Gasteiger partial charge in [-0.25, -0.2) is 4.79 Å². The molecular formula is C21H25N3O5. The Morgan fingerprint density at radius 2 is 1.90 bits per heavy atom. The molecule has 4 amide bonds. The molecule has 29 heavy (non-hydrogen) atoms. The minimum atomic E-state index is -0.511. The Hall–Kier alpha value is -3.16. The molecule has 154 valence electrons. The summed E-state index contributed by atoms with van der Waals surface area (Å²) in [5.41, 5.74) is 2.37. The lowest BCUT2D eigenvalue weighted by Crippen LogP contribution is -2.37. The van der Waals surface area contributed by atoms with Crippen molar-refractivity contribution in [2.45, 2.75) is 19.3 Å². The molecule has 1 aromatic carbocycles. The fourth-order valence-electron chi connectivity index (χ4n) is 3.39. The number of hydrogen-bond donors (Lipinski definition) is 0. The van der Waals surface area contributed by atoms with Crippen molar-refractivity contribution >= 4 is 29.4 Å². The first-order chi connectivity index (χ1) is 14.0. The average molecular weight is 399 g/mol. The molecule has 0 aromatic heterocycles. The molecule has 1 fully saturated rings. The SMILES string of the molecule is CN1CC(=O)N(CCCC(=O)OCC(=O)N2CC=C(c3ccccc3)CC2)C1=O. The van der Waals surface area contributed by atoms with Gasteiger partial charge in [0.1, 0.15) is 6.54 Å². The molecule has 8 nitrogen and oxygen atoms in total. The standard InChI is InChI=1S/C21H25N3O5/c1-22-14-18(25)24(21(22)28)11-5-8-20(27)29-15-19(26)23-12-9-17(10-13-23)16-6-3-2-4-7-16/h2-4,6-7,9H,5,8,10-15H2,1H3. The smallest absolute Gasteiger partial charge is 0.326 e. The highest BCUT2D eigenvalue weighted by Gasteiger charge is 2.32. The minimum absolute atomic E-state index is 0.0477. The summed E-state index contributed by atoms with van der Waals surface area (Å²) in [5, 5.41) is 0. The first kappa shape index (κ1) is 20.6. The highest BCUT2D eigenvalue weighted by molar-refractivity contribution is 6.01. The van der Waals surface area contributed by atoms with Crippen LogP contribution in [-0.2, 0) is 19.1 Å². The molecule has 2 heterocycles. The summed E-state index contributed by atoms with van der Waals surface area (Å²) >= 11 is 0. The van der Waals surface area contributed by atoms with Crippen molar-refractivity contribution in [3.8, 4) is 0 Å². The number of carbonyl (C=O) groups is 4. The molecule has 8 heteroatoms. The molecule has 0 N–H and O–H groups in total. The van der Waals surface area contributed by atoms with Gasteiger partial charge in [-0.05, 0) is 24.0 Å². The lowest BCUT2D eigenvalue weighted by atomic mass is 10.00. The normalized spacial score (nSPS) is 16.9. The van der Waals surface area contributed by atoms with E-state index in [4.69, 9.17) is 4.74 Å². The molecule has 1 aromatic rings. The van der Waals surface area contributed by atoms with Gasteiger partial charge in [-0.1, -0.05) is 36.4 Å². The van der Waals surface area contributed by atoms with E-state index in [-0.39, 0.29) is 44.0 Å². The first-order valence-electron chi connectivity index (χ1n) is 9.69. The van der Waals surface area contributed by atoms with Crippen LogP contribution in [0.2, 0.25) is 0 Å². The lowest BCUT2D eigenvalue weighted by Gasteiger charge is -2.26. The molecule has 0 radical (unpaired) electrons. The molecule has 3 rings (SSSR count). The molecule has 0 bridgehead atoms. The summed E-state index contributed by atoms with van der Waals surface area (Å²) in [6, 6.07) is 9.68. The van der Waals surface area contributed by atoms with Gasteiger partial charge in [-0.15, -0.1) is 0 Å². The number of rotatable bonds is 7. The van der Waals surface area contributed by atoms with Crippen LogP contribution >= 0.6 is 0 Å². The van der Waals surface area contributed by atoms with Crippen LogP contribution in [0.15, 0.2) is 36.4 Å². The number of imide groups is 1. The molecule has 2 aliphatic heterocycles. The summed E-state index contributed by atoms with van der Waals surface area (Å²) < 4.78 is 5.06. The third kappa shape index (κ3) is 5.22. The van der Waals surface area contributed by atoms with Crippen molar-refractivity contribution in [3.05, 3.63) is 42.0 Å². The quantitative estimate of drug-likeness (QED) is 0.512. The van der Waals surface area contributed by atoms with Crippen molar-refractivity contribution in [3.63, 3.8) is 0 Å². The fourth-order valence-corrected chi connectivity index (χ4v) is 3.39. The zero-order chi connectivity index (χ0) is 20.8. The monoisotopic (exact) mass is 399 g/mol. The van der Waals surface area contributed by atoms with Crippen LogP contribution in [0.25, 0.3) is 5.57 Å². The van der Waals surface area contributed by atoms with Crippen LogP contribution in [0.4, 0.5) is 4.79 Å². The van der Waals surface area contributed by atoms with Crippen LogP contribution in [0.3, 0.4) is 0 Å². The number of likely N-dealkylation sites (N-methyl/N-ethyl adjacent to an activating group) is 1. The maximum Gasteiger partial charge on any atom is 0.326 e. The van der Waals surface area contributed by atoms with E-state index in [2.05, 4.69) is 0 Å². The first-order valence-corrected chi connectivity index (χ1v) is 9.69. The highest BCUT2D eigenvalue weighted by atomic mass is 16.5. The van der Waals surface area contributed by atoms with E-state index in [9.17, 15) is 19.2 Å². The average Bonchev–Trinajstić information content (AvgIpc) is 2.98. The second-order valence-corrected chi connectivity index (χ2v) is 7.13. The number of hydrogen-bond acceptors (Lipinski definition) is 5. The molecule has 2 aliphatic rings. The fraction of sp³-hybridized carbons (Fsp3) is 0.429. The summed E-state index contributed by atoms with van der Waals surface area (Å²) in [6.45, 7) is 1.02. The molecular weight excluding hydrogens is 374 g/mol. The number of carbonyl (C=O) groups excluding carboxylic acids is 4. The highest BCUT2D eigenvalue weighted by Crippen LogP contribution is 2.22. The predicted molar refractivity (Wildman–Crippen MR) is 106 cm³/mol. The Bertz CT molecular complexity index is 821. The van der Waals surface area contributed by atoms with Gasteiger partial charge in [0.05, 0.1) is 0 Å². The van der Waals surface area contributed by atoms with Crippen molar-refractivity contribution in [2.24, 2.45) is 0 Å². The summed E-state index contributed by atoms with van der Waals surface area (Å²) in [4.78, 5) is 51.7. The van der Waals surface area contributed by atoms with Crippen LogP contribution in [0, 0.1) is 0 Å². The van der Waals surface area contributed by atoms with E-state index < -0.39 is 5.97 Å². The topological polar surface area (TPSA) is 87.2 Å². The van der Waals surface area contributed by atoms with Crippen molar-refractivity contribution in [1.29, 1.82) is 0 Å². The Morgan fingerprint density at radius 1 is 1.14 bits per heavy atom. The van der Waals surface area contributed by atoms with Crippen molar-refractivity contribution < 1.29 is 23.9 Å². The second kappa shape index (κ2) is 9.36. The van der Waals surface area contributed by atoms with E-state index in [1.54, 1.807) is 11.9 Å². The van der Waals surface area contributed by atoms with Crippen molar-refractivity contribution in [2.75, 3.05) is 39.8 Å². The summed E-state index contributed by atoms with van der Waals surface area (Å²) in [6.07, 6.45) is 3.15. The van der Waals surface area contributed by atoms with Crippen molar-refractivity contribution in [1.82, 2.24) is 14.7 Å². The molecule has 1 saturated heterocycles. The number of amides is 4. The number of urea groups is 1. The van der Waals surface area contributed by atoms with E-state index in [1.165, 1.54) is 10.5 Å². The number of benzene rings is 1. The maximum absolute atomic E-state index is 12.3. The predicted octanol–water partition coefficient (Wildman–Crippen LogP) is 1.52. The molecule has 0 spiro atoms. The molecule has 0 saturated carbocycles. The van der Waals surface area contributed by atoms with Gasteiger partial charge in [0, 0.05) is 33.1 Å². The van der Waals surface area contributed by atoms with Crippen LogP contribution in [-0.4, -0.2) is 78.3 Å². The Balaban J connectivity index is 1.36. The number of ether oxygens (including phenoxy) is 1. The van der Waals surface area contributed by atoms with Gasteiger partial charge < -0.3 is 14.5 Å². The van der Waals surface area contributed by atoms with Gasteiger partial charge in [0.2, 0.25) is 5.91 Å².